The fraction of sp³-hybridized carbons (Fsp3) is 0.800. The molecule has 64 valence electrons. The van der Waals surface area contributed by atoms with Crippen molar-refractivity contribution >= 4 is 7.92 Å². The van der Waals surface area contributed by atoms with Crippen molar-refractivity contribution in [2.24, 2.45) is 0 Å². The average Bonchev–Trinajstić information content (AvgIpc) is 1.87. The van der Waals surface area contributed by atoms with Gasteiger partial charge in [-0.2, -0.15) is 0 Å². The van der Waals surface area contributed by atoms with Gasteiger partial charge in [0.25, 0.3) is 0 Å². The van der Waals surface area contributed by atoms with E-state index in [2.05, 4.69) is 10.0 Å². The van der Waals surface area contributed by atoms with E-state index in [1.54, 1.807) is 0 Å². The zero-order valence-electron chi connectivity index (χ0n) is 6.41. The number of nitrogens with zero attached hydrogens (tertiary/aromatic N) is 1. The topological polar surface area (TPSA) is 49.4 Å². The monoisotopic (exact) mass is 198 g/mol. The molecule has 0 amide bonds. The van der Waals surface area contributed by atoms with Gasteiger partial charge in [-0.05, 0) is 0 Å². The van der Waals surface area contributed by atoms with Gasteiger partial charge in [-0.25, -0.2) is 0 Å². The van der Waals surface area contributed by atoms with Crippen LogP contribution >= 0.6 is 7.92 Å². The van der Waals surface area contributed by atoms with Crippen LogP contribution in [0.2, 0.25) is 0 Å². The summed E-state index contributed by atoms with van der Waals surface area (Å²) in [7, 11) is 3.50. The van der Waals surface area contributed by atoms with Crippen molar-refractivity contribution in [2.75, 3.05) is 27.2 Å². The van der Waals surface area contributed by atoms with Crippen LogP contribution < -0.4 is 4.66 Å². The van der Waals surface area contributed by atoms with Crippen LogP contribution in [0.25, 0.3) is 0 Å². The molecule has 0 heterocycles. The van der Waals surface area contributed by atoms with Gasteiger partial charge < -0.3 is 0 Å². The second-order valence-corrected chi connectivity index (χ2v) is 3.20. The maximum atomic E-state index is 10.1. The molecule has 11 heavy (non-hydrogen) atoms. The van der Waals surface area contributed by atoms with E-state index in [9.17, 15) is 9.22 Å². The Morgan fingerprint density at radius 3 is 2.82 bits per heavy atom. The van der Waals surface area contributed by atoms with E-state index < -0.39 is 0 Å². The summed E-state index contributed by atoms with van der Waals surface area (Å²) in [6, 6.07) is 0. The summed E-state index contributed by atoms with van der Waals surface area (Å²) in [4.78, 5) is 0. The first-order chi connectivity index (χ1) is 5.12. The summed E-state index contributed by atoms with van der Waals surface area (Å²) in [6.45, 7) is 0.886. The van der Waals surface area contributed by atoms with Crippen molar-refractivity contribution in [3.8, 4) is 5.75 Å². The zero-order valence-corrected chi connectivity index (χ0v) is 8.06. The van der Waals surface area contributed by atoms with Gasteiger partial charge in [-0.3, -0.25) is 0 Å². The molecule has 0 spiro atoms. The first kappa shape index (κ1) is 11.2. The fourth-order valence-corrected chi connectivity index (χ4v) is 0.908. The summed E-state index contributed by atoms with van der Waals surface area (Å²) in [5.41, 5.74) is 0. The molecule has 0 bridgehead atoms. The molecule has 0 radical (unpaired) electrons. The van der Waals surface area contributed by atoms with Crippen LogP contribution in [0.3, 0.4) is 0 Å². The van der Waals surface area contributed by atoms with E-state index in [4.69, 9.17) is 0 Å². The van der Waals surface area contributed by atoms with Crippen LogP contribution in [0, 0.1) is 17.1 Å². The van der Waals surface area contributed by atoms with Crippen molar-refractivity contribution in [2.45, 2.75) is 0 Å². The second-order valence-electron chi connectivity index (χ2n) is 2.48. The van der Waals surface area contributed by atoms with Crippen LogP contribution in [0.5, 0.6) is 0 Å². The van der Waals surface area contributed by atoms with Gasteiger partial charge in [0.15, 0.2) is 0 Å². The summed E-state index contributed by atoms with van der Waals surface area (Å²) >= 11 is 0.500. The zero-order chi connectivity index (χ0) is 8.74. The fourth-order valence-electron chi connectivity index (χ4n) is 0.455. The van der Waals surface area contributed by atoms with E-state index in [-0.39, 0.29) is 7.92 Å². The summed E-state index contributed by atoms with van der Waals surface area (Å²) < 4.78 is 24.6. The molecular weight excluding hydrogens is 188 g/mol. The summed E-state index contributed by atoms with van der Waals surface area (Å²) in [5, 5.41) is 0. The Bertz CT molecular complexity index is 201. The van der Waals surface area contributed by atoms with Gasteiger partial charge in [0.2, 0.25) is 0 Å². The Hall–Kier alpha value is 0.180. The Labute approximate surface area is 70.9 Å². The van der Waals surface area contributed by atoms with Crippen molar-refractivity contribution in [3.05, 3.63) is 0 Å². The molecule has 0 aromatic heterocycles. The average molecular weight is 199 g/mol. The second kappa shape index (κ2) is 5.78. The van der Waals surface area contributed by atoms with E-state index in [1.807, 2.05) is 14.1 Å². The van der Waals surface area contributed by atoms with Crippen LogP contribution in [0.15, 0.2) is 0 Å². The molecule has 6 heteroatoms. The van der Waals surface area contributed by atoms with E-state index in [1.165, 1.54) is 0 Å². The van der Waals surface area contributed by atoms with Crippen LogP contribution in [-0.4, -0.2) is 31.7 Å². The third-order valence-electron chi connectivity index (χ3n) is 1.08. The number of rotatable bonds is 4. The van der Waals surface area contributed by atoms with Crippen LogP contribution in [-0.2, 0) is 8.85 Å². The van der Waals surface area contributed by atoms with Crippen molar-refractivity contribution < 1.29 is 29.3 Å². The predicted molar refractivity (Wildman–Crippen MR) is 34.4 cm³/mol. The molecule has 0 aromatic carbocycles. The Kier molecular flexibility index (Phi) is 5.88. The van der Waals surface area contributed by atoms with E-state index >= 15 is 0 Å². The quantitative estimate of drug-likeness (QED) is 0.350. The van der Waals surface area contributed by atoms with Gasteiger partial charge in [-0.15, -0.1) is 0 Å². The third-order valence-corrected chi connectivity index (χ3v) is 1.95. The number of hydrogen-bond donors (Lipinski definition) is 0. The summed E-state index contributed by atoms with van der Waals surface area (Å²) in [6.07, 6.45) is 0. The standard InChI is InChI=1S/C5H10ClNO3P/c1-7(2,5-11-9)3-4-10-6-8/h3-4H2,1-2H3/q+1. The van der Waals surface area contributed by atoms with Crippen molar-refractivity contribution in [1.29, 1.82) is 0 Å². The molecule has 0 saturated carbocycles. The molecule has 0 saturated heterocycles. The number of likely N-dealkylation sites (N-methyl/N-ethyl adjacent to an activating group) is 1. The third kappa shape index (κ3) is 6.57. The summed E-state index contributed by atoms with van der Waals surface area (Å²) in [5.74, 6) is 2.64. The van der Waals surface area contributed by atoms with Gasteiger partial charge in [0.05, 0.1) is 0 Å². The number of halogens is 1. The molecule has 4 nitrogen and oxygen atoms in total. The molecule has 0 rings (SSSR count). The van der Waals surface area contributed by atoms with Crippen LogP contribution in [0.1, 0.15) is 0 Å². The maximum absolute atomic E-state index is 10.1. The molecular formula is C5H10ClNO3P+. The molecule has 0 aliphatic heterocycles. The van der Waals surface area contributed by atoms with Gasteiger partial charge >= 0.3 is 70.2 Å². The predicted octanol–water partition coefficient (Wildman–Crippen LogP) is -0.437. The first-order valence-electron chi connectivity index (χ1n) is 2.94. The molecule has 0 aliphatic rings. The van der Waals surface area contributed by atoms with Gasteiger partial charge in [0.1, 0.15) is 0 Å². The SMILES string of the molecule is C[N+](C)(C#P=O)CCO[Cl+][O-]. The molecule has 0 N–H and O–H groups in total. The Morgan fingerprint density at radius 2 is 2.36 bits per heavy atom. The molecule has 0 aromatic rings. The van der Waals surface area contributed by atoms with Gasteiger partial charge in [-0.1, -0.05) is 0 Å². The van der Waals surface area contributed by atoms with Crippen LogP contribution in [0.4, 0.5) is 0 Å². The Balaban J connectivity index is 3.70. The normalized spacial score (nSPS) is 10.8. The van der Waals surface area contributed by atoms with Crippen molar-refractivity contribution in [1.82, 2.24) is 0 Å². The minimum absolute atomic E-state index is 0.129. The number of hydrogen-bond acceptors (Lipinski definition) is 3. The molecule has 0 aliphatic carbocycles. The molecule has 0 atom stereocenters. The van der Waals surface area contributed by atoms with E-state index in [0.717, 1.165) is 0 Å². The first-order valence-corrected chi connectivity index (χ1v) is 4.37. The van der Waals surface area contributed by atoms with Crippen molar-refractivity contribution in [3.63, 3.8) is 0 Å². The molecule has 0 unspecified atom stereocenters. The minimum atomic E-state index is -0.129. The molecule has 0 fully saturated rings. The Morgan fingerprint density at radius 1 is 1.73 bits per heavy atom. The number of quaternary nitrogens is 1. The van der Waals surface area contributed by atoms with Gasteiger partial charge in [0, 0.05) is 0 Å². The van der Waals surface area contributed by atoms with E-state index in [0.29, 0.717) is 29.0 Å².